The number of halogens is 1. The van der Waals surface area contributed by atoms with Gasteiger partial charge in [0.05, 0.1) is 0 Å². The topological polar surface area (TPSA) is 58.2 Å². The monoisotopic (exact) mass is 364 g/mol. The Morgan fingerprint density at radius 3 is 2.60 bits per heavy atom. The van der Waals surface area contributed by atoms with E-state index in [1.807, 2.05) is 12.1 Å². The van der Waals surface area contributed by atoms with Crippen molar-refractivity contribution < 1.29 is 9.59 Å². The van der Waals surface area contributed by atoms with E-state index in [0.29, 0.717) is 13.0 Å². The second-order valence-corrected chi connectivity index (χ2v) is 7.60. The van der Waals surface area contributed by atoms with E-state index in [0.717, 1.165) is 44.3 Å². The van der Waals surface area contributed by atoms with Crippen LogP contribution in [-0.2, 0) is 17.6 Å². The highest BCUT2D eigenvalue weighted by molar-refractivity contribution is 5.98. The number of ketones is 1. The number of carbonyl (C=O) groups is 2. The van der Waals surface area contributed by atoms with E-state index >= 15 is 0 Å². The summed E-state index contributed by atoms with van der Waals surface area (Å²) in [6, 6.07) is 6.02. The average Bonchev–Trinajstić information content (AvgIpc) is 3.06. The van der Waals surface area contributed by atoms with Crippen LogP contribution in [0.2, 0.25) is 0 Å². The third-order valence-electron chi connectivity index (χ3n) is 5.52. The number of hydrogen-bond acceptors (Lipinski definition) is 3. The molecule has 2 N–H and O–H groups in total. The molecule has 1 aliphatic heterocycles. The van der Waals surface area contributed by atoms with E-state index in [2.05, 4.69) is 23.6 Å². The molecule has 25 heavy (non-hydrogen) atoms. The van der Waals surface area contributed by atoms with Crippen molar-refractivity contribution in [3.63, 3.8) is 0 Å². The summed E-state index contributed by atoms with van der Waals surface area (Å²) < 4.78 is 0. The third-order valence-corrected chi connectivity index (χ3v) is 5.52. The summed E-state index contributed by atoms with van der Waals surface area (Å²) in [7, 11) is 0. The molecule has 5 heteroatoms. The maximum Gasteiger partial charge on any atom is 0.220 e. The second kappa shape index (κ2) is 8.81. The normalized spacial score (nSPS) is 18.1. The Labute approximate surface area is 156 Å². The maximum absolute atomic E-state index is 12.3. The molecule has 1 fully saturated rings. The predicted octanol–water partition coefficient (Wildman–Crippen LogP) is 3.07. The molecular weight excluding hydrogens is 336 g/mol. The first-order valence-electron chi connectivity index (χ1n) is 9.18. The lowest BCUT2D eigenvalue weighted by Gasteiger charge is -2.34. The van der Waals surface area contributed by atoms with Crippen molar-refractivity contribution in [2.45, 2.75) is 51.9 Å². The van der Waals surface area contributed by atoms with E-state index in [-0.39, 0.29) is 35.9 Å². The van der Waals surface area contributed by atoms with Crippen molar-refractivity contribution in [2.24, 2.45) is 5.41 Å². The average molecular weight is 365 g/mol. The Hall–Kier alpha value is -1.39. The van der Waals surface area contributed by atoms with E-state index in [9.17, 15) is 9.59 Å². The van der Waals surface area contributed by atoms with Crippen LogP contribution in [0.4, 0.5) is 0 Å². The molecule has 0 radical (unpaired) electrons. The first kappa shape index (κ1) is 19.9. The summed E-state index contributed by atoms with van der Waals surface area (Å²) in [5.74, 6) is 0.0668. The van der Waals surface area contributed by atoms with E-state index in [4.69, 9.17) is 0 Å². The number of hydrogen-bond donors (Lipinski definition) is 2. The zero-order valence-corrected chi connectivity index (χ0v) is 15.8. The van der Waals surface area contributed by atoms with Crippen LogP contribution in [0.1, 0.15) is 60.5 Å². The van der Waals surface area contributed by atoms with Gasteiger partial charge in [0.2, 0.25) is 5.91 Å². The number of Topliss-reactive ketones (excluding diaryl/α,β-unsaturated/α-hetero) is 1. The first-order chi connectivity index (χ1) is 11.6. The van der Waals surface area contributed by atoms with E-state index < -0.39 is 0 Å². The number of carbonyl (C=O) groups excluding carboxylic acids is 2. The largest absolute Gasteiger partial charge is 0.356 e. The Bertz CT molecular complexity index is 624. The van der Waals surface area contributed by atoms with Gasteiger partial charge in [0.25, 0.3) is 0 Å². The molecule has 0 saturated carbocycles. The van der Waals surface area contributed by atoms with Crippen LogP contribution in [0, 0.1) is 5.41 Å². The highest BCUT2D eigenvalue weighted by Gasteiger charge is 2.27. The van der Waals surface area contributed by atoms with E-state index in [1.54, 1.807) is 0 Å². The van der Waals surface area contributed by atoms with Crippen LogP contribution >= 0.6 is 12.4 Å². The molecule has 0 aromatic heterocycles. The lowest BCUT2D eigenvalue weighted by molar-refractivity contribution is -0.121. The number of aryl methyl sites for hydroxylation is 2. The minimum atomic E-state index is -0.00994. The predicted molar refractivity (Wildman–Crippen MR) is 102 cm³/mol. The Morgan fingerprint density at radius 2 is 1.84 bits per heavy atom. The molecule has 1 heterocycles. The van der Waals surface area contributed by atoms with Crippen molar-refractivity contribution in [1.29, 1.82) is 0 Å². The fraction of sp³-hybridized carbons (Fsp3) is 0.600. The molecule has 3 rings (SSSR count). The van der Waals surface area contributed by atoms with Crippen LogP contribution in [-0.4, -0.2) is 31.3 Å². The van der Waals surface area contributed by atoms with Gasteiger partial charge in [0, 0.05) is 24.9 Å². The molecule has 1 amide bonds. The lowest BCUT2D eigenvalue weighted by Crippen LogP contribution is -2.42. The molecule has 0 bridgehead atoms. The van der Waals surface area contributed by atoms with Crippen LogP contribution in [0.15, 0.2) is 18.2 Å². The van der Waals surface area contributed by atoms with Crippen molar-refractivity contribution >= 4 is 24.1 Å². The molecule has 0 spiro atoms. The summed E-state index contributed by atoms with van der Waals surface area (Å²) in [4.78, 5) is 24.4. The van der Waals surface area contributed by atoms with Crippen LogP contribution in [0.3, 0.4) is 0 Å². The number of amides is 1. The number of rotatable bonds is 6. The molecule has 1 aromatic rings. The summed E-state index contributed by atoms with van der Waals surface area (Å²) in [6.45, 7) is 4.97. The summed E-state index contributed by atoms with van der Waals surface area (Å²) in [6.07, 6.45) is 6.13. The van der Waals surface area contributed by atoms with Crippen molar-refractivity contribution in [3.05, 3.63) is 34.9 Å². The van der Waals surface area contributed by atoms with Crippen molar-refractivity contribution in [3.8, 4) is 0 Å². The van der Waals surface area contributed by atoms with Crippen molar-refractivity contribution in [2.75, 3.05) is 19.6 Å². The number of piperidine rings is 1. The fourth-order valence-electron chi connectivity index (χ4n) is 3.72. The lowest BCUT2D eigenvalue weighted by atomic mass is 9.81. The van der Waals surface area contributed by atoms with Crippen LogP contribution < -0.4 is 10.6 Å². The molecule has 1 aliphatic carbocycles. The van der Waals surface area contributed by atoms with Gasteiger partial charge in [0.1, 0.15) is 0 Å². The van der Waals surface area contributed by atoms with Gasteiger partial charge in [-0.2, -0.15) is 0 Å². The Kier molecular flexibility index (Phi) is 7.03. The molecule has 138 valence electrons. The van der Waals surface area contributed by atoms with Gasteiger partial charge in [0.15, 0.2) is 5.78 Å². The number of nitrogens with one attached hydrogen (secondary N) is 2. The van der Waals surface area contributed by atoms with Gasteiger partial charge in [-0.05, 0) is 67.8 Å². The maximum atomic E-state index is 12.3. The minimum Gasteiger partial charge on any atom is -0.356 e. The smallest absolute Gasteiger partial charge is 0.220 e. The zero-order chi connectivity index (χ0) is 17.0. The molecular formula is C20H29ClN2O2. The summed E-state index contributed by atoms with van der Waals surface area (Å²) >= 11 is 0. The Morgan fingerprint density at radius 1 is 1.12 bits per heavy atom. The number of fused-ring (bicyclic) bond motifs is 1. The van der Waals surface area contributed by atoms with Crippen LogP contribution in [0.5, 0.6) is 0 Å². The highest BCUT2D eigenvalue weighted by Crippen LogP contribution is 2.27. The van der Waals surface area contributed by atoms with Gasteiger partial charge >= 0.3 is 0 Å². The SMILES string of the molecule is CC1(CNC(=O)CCC(=O)c2ccc3c(c2)CCC3)CCNCC1.Cl. The minimum absolute atomic E-state index is 0. The van der Waals surface area contributed by atoms with Crippen molar-refractivity contribution in [1.82, 2.24) is 10.6 Å². The van der Waals surface area contributed by atoms with Crippen LogP contribution in [0.25, 0.3) is 0 Å². The summed E-state index contributed by atoms with van der Waals surface area (Å²) in [5, 5.41) is 6.37. The molecule has 0 unspecified atom stereocenters. The molecule has 4 nitrogen and oxygen atoms in total. The third kappa shape index (κ3) is 5.29. The standard InChI is InChI=1S/C20H28N2O2.ClH/c1-20(9-11-21-12-10-20)14-22-19(24)8-7-18(23)17-6-5-15-3-2-4-16(15)13-17;/h5-6,13,21H,2-4,7-12,14H2,1H3,(H,22,24);1H. The van der Waals surface area contributed by atoms with Gasteiger partial charge in [-0.3, -0.25) is 9.59 Å². The molecule has 2 aliphatic rings. The van der Waals surface area contributed by atoms with Gasteiger partial charge in [-0.25, -0.2) is 0 Å². The quantitative estimate of drug-likeness (QED) is 0.763. The second-order valence-electron chi connectivity index (χ2n) is 7.60. The molecule has 1 aromatic carbocycles. The van der Waals surface area contributed by atoms with Gasteiger partial charge in [-0.15, -0.1) is 12.4 Å². The van der Waals surface area contributed by atoms with E-state index in [1.165, 1.54) is 17.5 Å². The highest BCUT2D eigenvalue weighted by atomic mass is 35.5. The number of benzene rings is 1. The molecule has 1 saturated heterocycles. The zero-order valence-electron chi connectivity index (χ0n) is 15.0. The first-order valence-corrected chi connectivity index (χ1v) is 9.18. The van der Waals surface area contributed by atoms with Gasteiger partial charge in [-0.1, -0.05) is 19.1 Å². The Balaban J connectivity index is 0.00000225. The molecule has 0 atom stereocenters. The fourth-order valence-corrected chi connectivity index (χ4v) is 3.72. The van der Waals surface area contributed by atoms with Gasteiger partial charge < -0.3 is 10.6 Å². The summed E-state index contributed by atoms with van der Waals surface area (Å²) in [5.41, 5.74) is 3.63.